The fraction of sp³-hybridized carbons (Fsp3) is 0.0417. The minimum absolute atomic E-state index is 0.336. The standard InChI is InChI=1S/C24H17FN4O/c25-21-13-19-3-1-2-4-22(19)28-23(21)18-7-5-16(6-8-18)15-30-24-20(14-27-29-24)17-9-11-26-12-10-17/h1-14H,15H2,(H,27,29). The largest absolute Gasteiger partial charge is 0.473 e. The Balaban J connectivity index is 1.35. The van der Waals surface area contributed by atoms with Crippen molar-refractivity contribution in [2.75, 3.05) is 0 Å². The van der Waals surface area contributed by atoms with Crippen molar-refractivity contribution in [3.8, 4) is 28.3 Å². The summed E-state index contributed by atoms with van der Waals surface area (Å²) in [6.45, 7) is 0.355. The normalized spacial score (nSPS) is 11.0. The Morgan fingerprint density at radius 2 is 1.70 bits per heavy atom. The first-order chi connectivity index (χ1) is 14.8. The van der Waals surface area contributed by atoms with Crippen molar-refractivity contribution < 1.29 is 9.13 Å². The number of rotatable bonds is 5. The first kappa shape index (κ1) is 18.0. The Morgan fingerprint density at radius 3 is 2.53 bits per heavy atom. The van der Waals surface area contributed by atoms with Gasteiger partial charge in [-0.05, 0) is 35.4 Å². The van der Waals surface area contributed by atoms with Crippen LogP contribution in [0.4, 0.5) is 4.39 Å². The van der Waals surface area contributed by atoms with E-state index in [1.54, 1.807) is 18.6 Å². The van der Waals surface area contributed by atoms with E-state index in [1.165, 1.54) is 6.07 Å². The first-order valence-electron chi connectivity index (χ1n) is 9.49. The zero-order chi connectivity index (χ0) is 20.3. The smallest absolute Gasteiger partial charge is 0.217 e. The van der Waals surface area contributed by atoms with Crippen LogP contribution < -0.4 is 4.74 Å². The minimum atomic E-state index is -0.336. The van der Waals surface area contributed by atoms with E-state index in [0.717, 1.165) is 33.2 Å². The Bertz CT molecular complexity index is 1300. The molecule has 0 aliphatic rings. The van der Waals surface area contributed by atoms with E-state index in [0.29, 0.717) is 18.2 Å². The highest BCUT2D eigenvalue weighted by atomic mass is 19.1. The van der Waals surface area contributed by atoms with Gasteiger partial charge in [0.05, 0.1) is 17.3 Å². The molecule has 0 aliphatic carbocycles. The molecular formula is C24H17FN4O. The van der Waals surface area contributed by atoms with Gasteiger partial charge in [-0.2, -0.15) is 5.10 Å². The predicted octanol–water partition coefficient (Wildman–Crippen LogP) is 5.41. The number of pyridine rings is 2. The molecule has 0 amide bonds. The van der Waals surface area contributed by atoms with Crippen LogP contribution in [0.25, 0.3) is 33.3 Å². The fourth-order valence-electron chi connectivity index (χ4n) is 3.33. The van der Waals surface area contributed by atoms with Crippen molar-refractivity contribution in [1.29, 1.82) is 0 Å². The molecule has 5 nitrogen and oxygen atoms in total. The number of H-pyrrole nitrogens is 1. The lowest BCUT2D eigenvalue weighted by atomic mass is 10.1. The maximum atomic E-state index is 14.5. The third-order valence-corrected chi connectivity index (χ3v) is 4.88. The summed E-state index contributed by atoms with van der Waals surface area (Å²) in [4.78, 5) is 8.51. The summed E-state index contributed by atoms with van der Waals surface area (Å²) < 4.78 is 20.5. The number of hydrogen-bond donors (Lipinski definition) is 1. The molecule has 5 rings (SSSR count). The molecule has 6 heteroatoms. The Kier molecular flexibility index (Phi) is 4.65. The molecule has 5 aromatic rings. The maximum absolute atomic E-state index is 14.5. The molecule has 0 saturated carbocycles. The second kappa shape index (κ2) is 7.75. The minimum Gasteiger partial charge on any atom is -0.473 e. The van der Waals surface area contributed by atoms with Crippen LogP contribution in [0.2, 0.25) is 0 Å². The molecule has 3 aromatic heterocycles. The van der Waals surface area contributed by atoms with Crippen molar-refractivity contribution >= 4 is 10.9 Å². The Morgan fingerprint density at radius 1 is 0.900 bits per heavy atom. The number of halogens is 1. The number of para-hydroxylation sites is 1. The Hall–Kier alpha value is -4.06. The molecule has 0 aliphatic heterocycles. The summed E-state index contributed by atoms with van der Waals surface area (Å²) in [7, 11) is 0. The molecule has 0 atom stereocenters. The van der Waals surface area contributed by atoms with E-state index in [9.17, 15) is 4.39 Å². The molecule has 0 fully saturated rings. The molecule has 0 unspecified atom stereocenters. The number of hydrogen-bond acceptors (Lipinski definition) is 4. The predicted molar refractivity (Wildman–Crippen MR) is 113 cm³/mol. The van der Waals surface area contributed by atoms with Gasteiger partial charge >= 0.3 is 0 Å². The molecule has 2 aromatic carbocycles. The quantitative estimate of drug-likeness (QED) is 0.432. The molecule has 146 valence electrons. The number of ether oxygens (including phenoxy) is 1. The van der Waals surface area contributed by atoms with Gasteiger partial charge in [0.1, 0.15) is 18.1 Å². The number of nitrogens with zero attached hydrogens (tertiary/aromatic N) is 3. The number of fused-ring (bicyclic) bond motifs is 1. The first-order valence-corrected chi connectivity index (χ1v) is 9.49. The third-order valence-electron chi connectivity index (χ3n) is 4.88. The van der Waals surface area contributed by atoms with Crippen LogP contribution in [0, 0.1) is 5.82 Å². The summed E-state index contributed by atoms with van der Waals surface area (Å²) in [5, 5.41) is 7.75. The molecular weight excluding hydrogens is 379 g/mol. The highest BCUT2D eigenvalue weighted by Gasteiger charge is 2.11. The number of aromatic nitrogens is 4. The summed E-state index contributed by atoms with van der Waals surface area (Å²) in [5.74, 6) is 0.254. The van der Waals surface area contributed by atoms with Crippen molar-refractivity contribution in [2.24, 2.45) is 0 Å². The average Bonchev–Trinajstić information content (AvgIpc) is 3.27. The van der Waals surface area contributed by atoms with E-state index < -0.39 is 0 Å². The van der Waals surface area contributed by atoms with E-state index in [-0.39, 0.29) is 5.82 Å². The van der Waals surface area contributed by atoms with Crippen molar-refractivity contribution in [1.82, 2.24) is 20.2 Å². The van der Waals surface area contributed by atoms with Crippen LogP contribution in [-0.4, -0.2) is 20.2 Å². The van der Waals surface area contributed by atoms with Gasteiger partial charge in [0.25, 0.3) is 0 Å². The average molecular weight is 396 g/mol. The lowest BCUT2D eigenvalue weighted by Gasteiger charge is -2.09. The van der Waals surface area contributed by atoms with Gasteiger partial charge < -0.3 is 4.74 Å². The summed E-state index contributed by atoms with van der Waals surface area (Å²) >= 11 is 0. The fourth-order valence-corrected chi connectivity index (χ4v) is 3.33. The molecule has 1 N–H and O–H groups in total. The number of nitrogens with one attached hydrogen (secondary N) is 1. The van der Waals surface area contributed by atoms with Gasteiger partial charge in [-0.25, -0.2) is 14.5 Å². The van der Waals surface area contributed by atoms with Crippen LogP contribution in [0.1, 0.15) is 5.56 Å². The van der Waals surface area contributed by atoms with E-state index >= 15 is 0 Å². The monoisotopic (exact) mass is 396 g/mol. The SMILES string of the molecule is Fc1cc2ccccc2nc1-c1ccc(COc2[nH]ncc2-c2ccncc2)cc1. The molecule has 0 radical (unpaired) electrons. The van der Waals surface area contributed by atoms with Crippen LogP contribution in [0.15, 0.2) is 85.3 Å². The maximum Gasteiger partial charge on any atom is 0.217 e. The summed E-state index contributed by atoms with van der Waals surface area (Å²) in [6, 6.07) is 20.4. The van der Waals surface area contributed by atoms with Gasteiger partial charge in [0, 0.05) is 23.3 Å². The highest BCUT2D eigenvalue weighted by molar-refractivity contribution is 5.81. The molecule has 3 heterocycles. The van der Waals surface area contributed by atoms with Gasteiger partial charge in [-0.3, -0.25) is 4.98 Å². The van der Waals surface area contributed by atoms with Crippen molar-refractivity contribution in [3.05, 3.63) is 96.7 Å². The van der Waals surface area contributed by atoms with Crippen molar-refractivity contribution in [2.45, 2.75) is 6.61 Å². The zero-order valence-corrected chi connectivity index (χ0v) is 15.9. The zero-order valence-electron chi connectivity index (χ0n) is 15.9. The van der Waals surface area contributed by atoms with Gasteiger partial charge in [0.2, 0.25) is 5.88 Å². The van der Waals surface area contributed by atoms with E-state index in [1.807, 2.05) is 60.7 Å². The van der Waals surface area contributed by atoms with Gasteiger partial charge in [-0.15, -0.1) is 0 Å². The molecule has 30 heavy (non-hydrogen) atoms. The second-order valence-corrected chi connectivity index (χ2v) is 6.85. The van der Waals surface area contributed by atoms with Gasteiger partial charge in [0.15, 0.2) is 0 Å². The molecule has 0 spiro atoms. The van der Waals surface area contributed by atoms with Crippen LogP contribution in [-0.2, 0) is 6.61 Å². The second-order valence-electron chi connectivity index (χ2n) is 6.85. The third kappa shape index (κ3) is 3.51. The van der Waals surface area contributed by atoms with E-state index in [2.05, 4.69) is 20.2 Å². The molecule has 0 bridgehead atoms. The lowest BCUT2D eigenvalue weighted by Crippen LogP contribution is -1.97. The number of aromatic amines is 1. The highest BCUT2D eigenvalue weighted by Crippen LogP contribution is 2.28. The van der Waals surface area contributed by atoms with Crippen LogP contribution in [0.5, 0.6) is 5.88 Å². The lowest BCUT2D eigenvalue weighted by molar-refractivity contribution is 0.294. The van der Waals surface area contributed by atoms with Gasteiger partial charge in [-0.1, -0.05) is 42.5 Å². The van der Waals surface area contributed by atoms with Crippen LogP contribution >= 0.6 is 0 Å². The summed E-state index contributed by atoms with van der Waals surface area (Å²) in [5.41, 5.74) is 4.63. The van der Waals surface area contributed by atoms with E-state index in [4.69, 9.17) is 4.74 Å². The Labute approximate surface area is 172 Å². The summed E-state index contributed by atoms with van der Waals surface area (Å²) in [6.07, 6.45) is 5.18. The molecule has 0 saturated heterocycles. The van der Waals surface area contributed by atoms with Crippen molar-refractivity contribution in [3.63, 3.8) is 0 Å². The van der Waals surface area contributed by atoms with Crippen LogP contribution in [0.3, 0.4) is 0 Å². The topological polar surface area (TPSA) is 63.7 Å². The number of benzene rings is 2.